The average Bonchev–Trinajstić information content (AvgIpc) is 2.27. The quantitative estimate of drug-likeness (QED) is 0.583. The molecule has 0 atom stereocenters. The van der Waals surface area contributed by atoms with Crippen LogP contribution in [-0.4, -0.2) is 11.9 Å². The summed E-state index contributed by atoms with van der Waals surface area (Å²) in [6.07, 6.45) is 3.00. The van der Waals surface area contributed by atoms with Crippen molar-refractivity contribution >= 4 is 23.6 Å². The monoisotopic (exact) mass is 247 g/mol. The number of fused-ring (bicyclic) bond motifs is 1. The van der Waals surface area contributed by atoms with E-state index < -0.39 is 0 Å². The third-order valence-electron chi connectivity index (χ3n) is 2.50. The highest BCUT2D eigenvalue weighted by Gasteiger charge is 2.14. The predicted molar refractivity (Wildman–Crippen MR) is 70.0 cm³/mol. The number of benzene rings is 1. The molecular formula is C12H13N3OS. The number of carbonyl (C=O) groups is 1. The predicted octanol–water partition coefficient (Wildman–Crippen LogP) is 1.57. The van der Waals surface area contributed by atoms with Crippen molar-refractivity contribution in [1.29, 1.82) is 0 Å². The van der Waals surface area contributed by atoms with E-state index in [-0.39, 0.29) is 11.9 Å². The Bertz CT molecular complexity index is 531. The van der Waals surface area contributed by atoms with Crippen molar-refractivity contribution < 1.29 is 4.79 Å². The van der Waals surface area contributed by atoms with E-state index >= 15 is 0 Å². The molecule has 0 fully saturated rings. The lowest BCUT2D eigenvalue weighted by molar-refractivity contribution is 0.100. The van der Waals surface area contributed by atoms with Crippen LogP contribution < -0.4 is 11.5 Å². The molecule has 0 aliphatic carbocycles. The molecule has 0 saturated heterocycles. The smallest absolute Gasteiger partial charge is 0.280 e. The number of amides is 1. The fourth-order valence-electron chi connectivity index (χ4n) is 1.72. The van der Waals surface area contributed by atoms with Crippen molar-refractivity contribution in [2.75, 3.05) is 0 Å². The molecule has 0 aromatic heterocycles. The molecule has 0 bridgehead atoms. The van der Waals surface area contributed by atoms with Gasteiger partial charge >= 0.3 is 0 Å². The van der Waals surface area contributed by atoms with Crippen LogP contribution in [0.5, 0.6) is 0 Å². The highest BCUT2D eigenvalue weighted by Crippen LogP contribution is 2.31. The molecule has 0 spiro atoms. The zero-order chi connectivity index (χ0) is 12.4. The topological polar surface area (TPSA) is 81.5 Å². The number of rotatable bonds is 1. The molecule has 1 aromatic rings. The molecule has 1 aliphatic rings. The molecule has 4 nitrogen and oxygen atoms in total. The molecule has 1 amide bonds. The second kappa shape index (κ2) is 4.63. The van der Waals surface area contributed by atoms with Crippen LogP contribution in [0.1, 0.15) is 21.5 Å². The Morgan fingerprint density at radius 2 is 2.18 bits per heavy atom. The standard InChI is InChI=1S/C12H13N3OS/c1-7-5-8-3-2-4-17-10(8)6-9(7)11(16)15-12(13)14/h2,4-6H,3H2,1H3,(H4,13,14,15,16). The van der Waals surface area contributed by atoms with Crippen molar-refractivity contribution in [2.45, 2.75) is 18.2 Å². The number of hydrogen-bond donors (Lipinski definition) is 2. The van der Waals surface area contributed by atoms with Gasteiger partial charge in [-0.05, 0) is 35.9 Å². The molecule has 17 heavy (non-hydrogen) atoms. The minimum absolute atomic E-state index is 0.209. The summed E-state index contributed by atoms with van der Waals surface area (Å²) in [6, 6.07) is 3.87. The van der Waals surface area contributed by atoms with E-state index in [1.807, 2.05) is 24.5 Å². The Kier molecular flexibility index (Phi) is 3.19. The van der Waals surface area contributed by atoms with E-state index in [2.05, 4.69) is 11.1 Å². The van der Waals surface area contributed by atoms with Gasteiger partial charge < -0.3 is 11.5 Å². The van der Waals surface area contributed by atoms with Gasteiger partial charge in [0.15, 0.2) is 5.96 Å². The molecule has 5 heteroatoms. The summed E-state index contributed by atoms with van der Waals surface area (Å²) in [7, 11) is 0. The van der Waals surface area contributed by atoms with Gasteiger partial charge in [-0.2, -0.15) is 4.99 Å². The zero-order valence-electron chi connectivity index (χ0n) is 9.43. The summed E-state index contributed by atoms with van der Waals surface area (Å²) in [4.78, 5) is 16.4. The van der Waals surface area contributed by atoms with E-state index in [9.17, 15) is 4.79 Å². The SMILES string of the molecule is Cc1cc2c(cc1C(=O)N=C(N)N)SC=CC2. The van der Waals surface area contributed by atoms with Gasteiger partial charge in [-0.15, -0.1) is 0 Å². The van der Waals surface area contributed by atoms with Gasteiger partial charge in [0, 0.05) is 10.5 Å². The first-order chi connectivity index (χ1) is 8.08. The van der Waals surface area contributed by atoms with Gasteiger partial charge in [-0.1, -0.05) is 23.9 Å². The number of hydrogen-bond acceptors (Lipinski definition) is 2. The first-order valence-electron chi connectivity index (χ1n) is 5.17. The Labute approximate surface area is 104 Å². The van der Waals surface area contributed by atoms with E-state index in [1.165, 1.54) is 5.56 Å². The summed E-state index contributed by atoms with van der Waals surface area (Å²) in [5.74, 6) is -0.597. The highest BCUT2D eigenvalue weighted by molar-refractivity contribution is 8.02. The molecule has 1 aliphatic heterocycles. The second-order valence-electron chi connectivity index (χ2n) is 3.81. The molecule has 88 valence electrons. The number of aryl methyl sites for hydroxylation is 1. The lowest BCUT2D eigenvalue weighted by Gasteiger charge is -2.13. The van der Waals surface area contributed by atoms with Crippen LogP contribution >= 0.6 is 11.8 Å². The number of aliphatic imine (C=N–C) groups is 1. The summed E-state index contributed by atoms with van der Waals surface area (Å²) >= 11 is 1.60. The van der Waals surface area contributed by atoms with Crippen molar-refractivity contribution in [1.82, 2.24) is 0 Å². The normalized spacial score (nSPS) is 13.0. The molecule has 1 aromatic carbocycles. The Morgan fingerprint density at radius 1 is 1.41 bits per heavy atom. The van der Waals surface area contributed by atoms with Gasteiger partial charge in [0.1, 0.15) is 0 Å². The number of nitrogens with zero attached hydrogens (tertiary/aromatic N) is 1. The van der Waals surface area contributed by atoms with Gasteiger partial charge in [0.2, 0.25) is 0 Å². The molecule has 0 radical (unpaired) electrons. The van der Waals surface area contributed by atoms with E-state index in [1.54, 1.807) is 11.8 Å². The fraction of sp³-hybridized carbons (Fsp3) is 0.167. The number of carbonyl (C=O) groups excluding carboxylic acids is 1. The molecule has 0 unspecified atom stereocenters. The number of allylic oxidation sites excluding steroid dienone is 1. The molecular weight excluding hydrogens is 234 g/mol. The highest BCUT2D eigenvalue weighted by atomic mass is 32.2. The van der Waals surface area contributed by atoms with Gasteiger partial charge in [-0.25, -0.2) is 0 Å². The second-order valence-corrected chi connectivity index (χ2v) is 4.76. The molecule has 1 heterocycles. The summed E-state index contributed by atoms with van der Waals surface area (Å²) in [5.41, 5.74) is 13.1. The van der Waals surface area contributed by atoms with Gasteiger partial charge in [0.25, 0.3) is 5.91 Å². The first-order valence-corrected chi connectivity index (χ1v) is 6.05. The number of nitrogens with two attached hydrogens (primary N) is 2. The summed E-state index contributed by atoms with van der Waals surface area (Å²) < 4.78 is 0. The van der Waals surface area contributed by atoms with Crippen LogP contribution in [0.15, 0.2) is 33.5 Å². The Hall–Kier alpha value is -1.75. The van der Waals surface area contributed by atoms with Crippen LogP contribution in [0.3, 0.4) is 0 Å². The Morgan fingerprint density at radius 3 is 2.88 bits per heavy atom. The van der Waals surface area contributed by atoms with Gasteiger partial charge in [-0.3, -0.25) is 4.79 Å². The van der Waals surface area contributed by atoms with Crippen molar-refractivity contribution in [2.24, 2.45) is 16.5 Å². The maximum Gasteiger partial charge on any atom is 0.280 e. The number of thioether (sulfide) groups is 1. The maximum absolute atomic E-state index is 11.8. The molecule has 4 N–H and O–H groups in total. The molecule has 0 saturated carbocycles. The third kappa shape index (κ3) is 2.50. The van der Waals surface area contributed by atoms with Crippen LogP contribution in [0.25, 0.3) is 0 Å². The number of guanidine groups is 1. The van der Waals surface area contributed by atoms with Crippen molar-refractivity contribution in [3.63, 3.8) is 0 Å². The van der Waals surface area contributed by atoms with Crippen LogP contribution in [0.4, 0.5) is 0 Å². The fourth-order valence-corrected chi connectivity index (χ4v) is 2.54. The van der Waals surface area contributed by atoms with E-state index in [0.29, 0.717) is 5.56 Å². The third-order valence-corrected chi connectivity index (χ3v) is 3.46. The summed E-state index contributed by atoms with van der Waals surface area (Å²) in [6.45, 7) is 1.89. The lowest BCUT2D eigenvalue weighted by Crippen LogP contribution is -2.24. The van der Waals surface area contributed by atoms with Crippen LogP contribution in [-0.2, 0) is 6.42 Å². The van der Waals surface area contributed by atoms with Crippen molar-refractivity contribution in [3.05, 3.63) is 40.3 Å². The largest absolute Gasteiger partial charge is 0.370 e. The lowest BCUT2D eigenvalue weighted by atomic mass is 10.0. The van der Waals surface area contributed by atoms with E-state index in [0.717, 1.165) is 16.9 Å². The first kappa shape index (κ1) is 11.7. The minimum atomic E-state index is -0.388. The Balaban J connectivity index is 2.43. The molecule has 2 rings (SSSR count). The van der Waals surface area contributed by atoms with Crippen LogP contribution in [0, 0.1) is 6.92 Å². The van der Waals surface area contributed by atoms with Gasteiger partial charge in [0.05, 0.1) is 0 Å². The zero-order valence-corrected chi connectivity index (χ0v) is 10.3. The van der Waals surface area contributed by atoms with Crippen molar-refractivity contribution in [3.8, 4) is 0 Å². The summed E-state index contributed by atoms with van der Waals surface area (Å²) in [5, 5.41) is 2.02. The average molecular weight is 247 g/mol. The minimum Gasteiger partial charge on any atom is -0.370 e. The van der Waals surface area contributed by atoms with E-state index in [4.69, 9.17) is 11.5 Å². The van der Waals surface area contributed by atoms with Crippen LogP contribution in [0.2, 0.25) is 0 Å². The maximum atomic E-state index is 11.8.